The Kier molecular flexibility index (Phi) is 3.65. The summed E-state index contributed by atoms with van der Waals surface area (Å²) in [7, 11) is 0. The first-order chi connectivity index (χ1) is 3.13. The van der Waals surface area contributed by atoms with Crippen molar-refractivity contribution in [3.63, 3.8) is 0 Å². The van der Waals surface area contributed by atoms with Gasteiger partial charge in [0.25, 0.3) is 0 Å². The molecule has 1 N–H and O–H groups in total. The second-order valence-corrected chi connectivity index (χ2v) is 1.70. The van der Waals surface area contributed by atoms with Crippen LogP contribution in [-0.2, 0) is 4.74 Å². The van der Waals surface area contributed by atoms with Gasteiger partial charge < -0.3 is 5.11 Å². The van der Waals surface area contributed by atoms with E-state index in [1.165, 1.54) is 0 Å². The molecule has 0 bridgehead atoms. The van der Waals surface area contributed by atoms with Crippen molar-refractivity contribution in [2.45, 2.75) is 11.6 Å². The van der Waals surface area contributed by atoms with Gasteiger partial charge in [-0.25, -0.2) is 0 Å². The highest BCUT2D eigenvalue weighted by Crippen LogP contribution is 2.05. The van der Waals surface area contributed by atoms with E-state index in [4.69, 9.17) is 28.3 Å². The lowest BCUT2D eigenvalue weighted by Crippen LogP contribution is -2.06. The topological polar surface area (TPSA) is 29.5 Å². The minimum Gasteiger partial charge on any atom is -0.342 e. The minimum absolute atomic E-state index is 1.31. The Hall–Kier alpha value is 0.430. The number of halogens is 3. The molecule has 0 aliphatic heterocycles. The molecule has 0 fully saturated rings. The molecule has 0 heterocycles. The summed E-state index contributed by atoms with van der Waals surface area (Å²) < 4.78 is 14.8. The van der Waals surface area contributed by atoms with Gasteiger partial charge in [0.2, 0.25) is 5.02 Å². The molecule has 0 aromatic heterocycles. The number of hydrogen-bond acceptors (Lipinski definition) is 2. The predicted octanol–water partition coefficient (Wildman–Crippen LogP) is 1.01. The standard InChI is InChI=1S/C2H3Cl2FO2/c3-1(4)7-2(5)6/h1-2,6H. The Bertz CT molecular complexity index is 43.0. The predicted molar refractivity (Wildman–Crippen MR) is 23.7 cm³/mol. The van der Waals surface area contributed by atoms with Gasteiger partial charge in [0, 0.05) is 0 Å². The van der Waals surface area contributed by atoms with Crippen molar-refractivity contribution >= 4 is 23.2 Å². The van der Waals surface area contributed by atoms with Crippen molar-refractivity contribution in [2.75, 3.05) is 0 Å². The second kappa shape index (κ2) is 3.43. The Morgan fingerprint density at radius 2 is 2.00 bits per heavy atom. The molecule has 2 nitrogen and oxygen atoms in total. The molecule has 5 heteroatoms. The molecule has 44 valence electrons. The van der Waals surface area contributed by atoms with Crippen LogP contribution in [0, 0.1) is 0 Å². The van der Waals surface area contributed by atoms with Crippen LogP contribution in [0.5, 0.6) is 0 Å². The normalized spacial score (nSPS) is 15.0. The zero-order chi connectivity index (χ0) is 5.86. The SMILES string of the molecule is OC(F)OC(Cl)Cl. The van der Waals surface area contributed by atoms with Gasteiger partial charge in [0.15, 0.2) is 0 Å². The zero-order valence-electron chi connectivity index (χ0n) is 3.14. The number of aliphatic hydroxyl groups is 1. The molecule has 0 aliphatic rings. The van der Waals surface area contributed by atoms with Crippen molar-refractivity contribution < 1.29 is 14.2 Å². The lowest BCUT2D eigenvalue weighted by atomic mass is 11.3. The van der Waals surface area contributed by atoms with Gasteiger partial charge in [-0.3, -0.25) is 4.74 Å². The van der Waals surface area contributed by atoms with E-state index in [2.05, 4.69) is 4.74 Å². The molecular formula is C2H3Cl2FO2. The number of ether oxygens (including phenoxy) is 1. The summed E-state index contributed by atoms with van der Waals surface area (Å²) >= 11 is 9.63. The van der Waals surface area contributed by atoms with Gasteiger partial charge in [0.1, 0.15) is 0 Å². The molecule has 0 aromatic rings. The van der Waals surface area contributed by atoms with Crippen LogP contribution >= 0.6 is 23.2 Å². The minimum atomic E-state index is -2.39. The summed E-state index contributed by atoms with van der Waals surface area (Å²) in [6.45, 7) is -2.39. The fraction of sp³-hybridized carbons (Fsp3) is 1.00. The molecule has 0 rings (SSSR count). The van der Waals surface area contributed by atoms with Gasteiger partial charge in [-0.15, -0.1) is 0 Å². The third kappa shape index (κ3) is 6.43. The second-order valence-electron chi connectivity index (χ2n) is 0.689. The summed E-state index contributed by atoms with van der Waals surface area (Å²) in [6.07, 6.45) is 0. The van der Waals surface area contributed by atoms with E-state index in [9.17, 15) is 4.39 Å². The van der Waals surface area contributed by atoms with Gasteiger partial charge in [0.05, 0.1) is 0 Å². The quantitative estimate of drug-likeness (QED) is 0.468. The van der Waals surface area contributed by atoms with Crippen LogP contribution in [-0.4, -0.2) is 16.7 Å². The van der Waals surface area contributed by atoms with Gasteiger partial charge in [-0.05, 0) is 0 Å². The van der Waals surface area contributed by atoms with Crippen LogP contribution in [0.15, 0.2) is 0 Å². The van der Waals surface area contributed by atoms with E-state index in [1.54, 1.807) is 0 Å². The van der Waals surface area contributed by atoms with Crippen LogP contribution in [0.1, 0.15) is 0 Å². The van der Waals surface area contributed by atoms with Gasteiger partial charge in [-0.2, -0.15) is 4.39 Å². The van der Waals surface area contributed by atoms with E-state index in [0.717, 1.165) is 0 Å². The zero-order valence-corrected chi connectivity index (χ0v) is 4.66. The average Bonchev–Trinajstić information content (AvgIpc) is 1.27. The van der Waals surface area contributed by atoms with Crippen LogP contribution in [0.3, 0.4) is 0 Å². The molecule has 0 amide bonds. The van der Waals surface area contributed by atoms with Crippen molar-refractivity contribution in [3.05, 3.63) is 0 Å². The fourth-order valence-corrected chi connectivity index (χ4v) is 0.255. The van der Waals surface area contributed by atoms with Gasteiger partial charge in [-0.1, -0.05) is 23.2 Å². The monoisotopic (exact) mass is 148 g/mol. The summed E-state index contributed by atoms with van der Waals surface area (Å²) in [5.74, 6) is 0. The summed E-state index contributed by atoms with van der Waals surface area (Å²) in [5, 5.41) is 6.36. The molecule has 0 saturated heterocycles. The maximum absolute atomic E-state index is 11.1. The van der Waals surface area contributed by atoms with Crippen molar-refractivity contribution in [1.29, 1.82) is 0 Å². The molecule has 1 atom stereocenters. The van der Waals surface area contributed by atoms with E-state index in [-0.39, 0.29) is 0 Å². The number of rotatable bonds is 2. The van der Waals surface area contributed by atoms with E-state index < -0.39 is 11.6 Å². The fourth-order valence-electron chi connectivity index (χ4n) is 0.0849. The largest absolute Gasteiger partial charge is 0.342 e. The Morgan fingerprint density at radius 1 is 1.57 bits per heavy atom. The first-order valence-corrected chi connectivity index (χ1v) is 2.26. The average molecular weight is 149 g/mol. The third-order valence-electron chi connectivity index (χ3n) is 0.215. The molecule has 0 saturated carbocycles. The Balaban J connectivity index is 2.95. The van der Waals surface area contributed by atoms with Crippen LogP contribution in [0.2, 0.25) is 0 Å². The number of aliphatic hydroxyl groups excluding tert-OH is 1. The summed E-state index contributed by atoms with van der Waals surface area (Å²) in [5.41, 5.74) is 0. The molecule has 0 aromatic carbocycles. The van der Waals surface area contributed by atoms with E-state index in [1.807, 2.05) is 0 Å². The third-order valence-corrected chi connectivity index (χ3v) is 0.421. The molecule has 0 spiro atoms. The van der Waals surface area contributed by atoms with Crippen LogP contribution < -0.4 is 0 Å². The highest BCUT2D eigenvalue weighted by molar-refractivity contribution is 6.43. The molecular weight excluding hydrogens is 146 g/mol. The Morgan fingerprint density at radius 3 is 2.00 bits per heavy atom. The van der Waals surface area contributed by atoms with Crippen LogP contribution in [0.4, 0.5) is 4.39 Å². The first-order valence-electron chi connectivity index (χ1n) is 1.38. The van der Waals surface area contributed by atoms with Crippen molar-refractivity contribution in [1.82, 2.24) is 0 Å². The van der Waals surface area contributed by atoms with Crippen LogP contribution in [0.25, 0.3) is 0 Å². The molecule has 1 unspecified atom stereocenters. The Labute approximate surface area is 49.8 Å². The van der Waals surface area contributed by atoms with E-state index in [0.29, 0.717) is 0 Å². The highest BCUT2D eigenvalue weighted by Gasteiger charge is 2.04. The van der Waals surface area contributed by atoms with Crippen molar-refractivity contribution in [3.8, 4) is 0 Å². The number of alkyl halides is 3. The highest BCUT2D eigenvalue weighted by atomic mass is 35.5. The van der Waals surface area contributed by atoms with Gasteiger partial charge >= 0.3 is 6.54 Å². The maximum Gasteiger partial charge on any atom is 0.309 e. The maximum atomic E-state index is 11.1. The number of hydrogen-bond donors (Lipinski definition) is 1. The summed E-state index contributed by atoms with van der Waals surface area (Å²) in [4.78, 5) is 0. The van der Waals surface area contributed by atoms with E-state index >= 15 is 0 Å². The lowest BCUT2D eigenvalue weighted by Gasteiger charge is -2.00. The molecule has 0 radical (unpaired) electrons. The van der Waals surface area contributed by atoms with Crippen molar-refractivity contribution in [2.24, 2.45) is 0 Å². The first kappa shape index (κ1) is 7.43. The lowest BCUT2D eigenvalue weighted by molar-refractivity contribution is -0.179. The summed E-state index contributed by atoms with van der Waals surface area (Å²) in [6, 6.07) is 0. The molecule has 0 aliphatic carbocycles. The smallest absolute Gasteiger partial charge is 0.309 e. The molecule has 7 heavy (non-hydrogen) atoms.